The molecular formula is C21H15ClFN3O2S. The van der Waals surface area contributed by atoms with Gasteiger partial charge in [-0.2, -0.15) is 5.10 Å². The number of hydrogen-bond donors (Lipinski definition) is 1. The van der Waals surface area contributed by atoms with Crippen molar-refractivity contribution in [3.05, 3.63) is 73.9 Å². The van der Waals surface area contributed by atoms with Crippen LogP contribution in [0.5, 0.6) is 5.75 Å². The topological polar surface area (TPSA) is 68.0 Å². The zero-order chi connectivity index (χ0) is 20.7. The molecule has 0 spiro atoms. The van der Waals surface area contributed by atoms with E-state index in [1.54, 1.807) is 35.9 Å². The van der Waals surface area contributed by atoms with E-state index in [9.17, 15) is 14.3 Å². The average Bonchev–Trinajstić information content (AvgIpc) is 3.16. The van der Waals surface area contributed by atoms with Crippen LogP contribution in [0, 0.1) is 12.7 Å². The van der Waals surface area contributed by atoms with Gasteiger partial charge in [-0.1, -0.05) is 29.8 Å². The SMILES string of the molecule is Cc1nn(C)c(=O)c(-c2c(F)ccc(Cl)c2/C=C/c2ccc3scnc3c2)c1O. The lowest BCUT2D eigenvalue weighted by molar-refractivity contribution is 0.460. The molecule has 0 radical (unpaired) electrons. The van der Waals surface area contributed by atoms with E-state index in [0.717, 1.165) is 20.5 Å². The molecule has 4 aromatic rings. The maximum absolute atomic E-state index is 14.9. The van der Waals surface area contributed by atoms with Gasteiger partial charge in [0.15, 0.2) is 5.75 Å². The van der Waals surface area contributed by atoms with Crippen LogP contribution in [0.3, 0.4) is 0 Å². The molecule has 0 saturated heterocycles. The van der Waals surface area contributed by atoms with Crippen molar-refractivity contribution in [2.45, 2.75) is 6.92 Å². The number of aromatic nitrogens is 3. The van der Waals surface area contributed by atoms with Gasteiger partial charge in [0, 0.05) is 23.2 Å². The first-order valence-corrected chi connectivity index (χ1v) is 9.89. The molecule has 0 atom stereocenters. The highest BCUT2D eigenvalue weighted by Crippen LogP contribution is 2.36. The molecule has 4 rings (SSSR count). The van der Waals surface area contributed by atoms with E-state index < -0.39 is 11.4 Å². The lowest BCUT2D eigenvalue weighted by Crippen LogP contribution is -2.23. The molecule has 2 aromatic heterocycles. The van der Waals surface area contributed by atoms with E-state index in [1.807, 2.05) is 18.2 Å². The minimum Gasteiger partial charge on any atom is -0.505 e. The summed E-state index contributed by atoms with van der Waals surface area (Å²) in [6.07, 6.45) is 3.39. The second-order valence-corrected chi connectivity index (χ2v) is 7.76. The number of fused-ring (bicyclic) bond motifs is 1. The summed E-state index contributed by atoms with van der Waals surface area (Å²) in [7, 11) is 1.44. The summed E-state index contributed by atoms with van der Waals surface area (Å²) < 4.78 is 17.0. The number of aromatic hydroxyl groups is 1. The summed E-state index contributed by atoms with van der Waals surface area (Å²) in [4.78, 5) is 16.9. The van der Waals surface area contributed by atoms with Crippen LogP contribution in [-0.2, 0) is 7.05 Å². The Bertz CT molecular complexity index is 1340. The van der Waals surface area contributed by atoms with Crippen molar-refractivity contribution in [2.75, 3.05) is 0 Å². The van der Waals surface area contributed by atoms with Crippen molar-refractivity contribution < 1.29 is 9.50 Å². The Morgan fingerprint density at radius 2 is 2.00 bits per heavy atom. The predicted molar refractivity (Wildman–Crippen MR) is 115 cm³/mol. The zero-order valence-electron chi connectivity index (χ0n) is 15.5. The maximum atomic E-state index is 14.9. The van der Waals surface area contributed by atoms with Crippen LogP contribution in [-0.4, -0.2) is 19.9 Å². The van der Waals surface area contributed by atoms with E-state index in [1.165, 1.54) is 19.2 Å². The van der Waals surface area contributed by atoms with Gasteiger partial charge in [0.2, 0.25) is 0 Å². The summed E-state index contributed by atoms with van der Waals surface area (Å²) in [5.74, 6) is -1.03. The van der Waals surface area contributed by atoms with Gasteiger partial charge in [0.05, 0.1) is 21.3 Å². The lowest BCUT2D eigenvalue weighted by Gasteiger charge is -2.13. The van der Waals surface area contributed by atoms with E-state index in [2.05, 4.69) is 10.1 Å². The first kappa shape index (κ1) is 19.3. The molecule has 5 nitrogen and oxygen atoms in total. The van der Waals surface area contributed by atoms with Crippen LogP contribution >= 0.6 is 22.9 Å². The van der Waals surface area contributed by atoms with Crippen molar-refractivity contribution >= 4 is 45.3 Å². The van der Waals surface area contributed by atoms with Crippen LogP contribution in [0.15, 0.2) is 40.6 Å². The second kappa shape index (κ2) is 7.42. The molecule has 0 unspecified atom stereocenters. The quantitative estimate of drug-likeness (QED) is 0.465. The first-order valence-electron chi connectivity index (χ1n) is 8.63. The first-order chi connectivity index (χ1) is 13.9. The number of benzene rings is 2. The Kier molecular flexibility index (Phi) is 4.94. The van der Waals surface area contributed by atoms with Gasteiger partial charge < -0.3 is 5.11 Å². The molecule has 0 aliphatic rings. The second-order valence-electron chi connectivity index (χ2n) is 6.47. The number of thiazole rings is 1. The number of halogens is 2. The van der Waals surface area contributed by atoms with Crippen molar-refractivity contribution in [3.63, 3.8) is 0 Å². The molecule has 2 aromatic carbocycles. The largest absolute Gasteiger partial charge is 0.505 e. The Morgan fingerprint density at radius 3 is 2.79 bits per heavy atom. The standard InChI is InChI=1S/C21H15ClFN3O2S/c1-11-20(27)19(21(28)26(2)25-11)18-13(14(22)6-7-15(18)23)5-3-12-4-8-17-16(9-12)24-10-29-17/h3-10,27H,1-2H3/b5-3+. The van der Waals surface area contributed by atoms with E-state index >= 15 is 0 Å². The van der Waals surface area contributed by atoms with Gasteiger partial charge in [-0.15, -0.1) is 11.3 Å². The van der Waals surface area contributed by atoms with Crippen molar-refractivity contribution in [2.24, 2.45) is 7.05 Å². The summed E-state index contributed by atoms with van der Waals surface area (Å²) in [5.41, 5.74) is 3.13. The minimum absolute atomic E-state index is 0.0629. The molecular weight excluding hydrogens is 413 g/mol. The van der Waals surface area contributed by atoms with E-state index in [0.29, 0.717) is 5.56 Å². The minimum atomic E-state index is -0.665. The highest BCUT2D eigenvalue weighted by Gasteiger charge is 2.22. The summed E-state index contributed by atoms with van der Waals surface area (Å²) in [6.45, 7) is 1.54. The normalized spacial score (nSPS) is 11.6. The summed E-state index contributed by atoms with van der Waals surface area (Å²) in [6, 6.07) is 8.36. The smallest absolute Gasteiger partial charge is 0.278 e. The molecule has 8 heteroatoms. The number of nitrogens with zero attached hydrogens (tertiary/aromatic N) is 3. The Hall–Kier alpha value is -3.03. The Balaban J connectivity index is 1.92. The van der Waals surface area contributed by atoms with Gasteiger partial charge in [-0.25, -0.2) is 14.1 Å². The molecule has 29 heavy (non-hydrogen) atoms. The third-order valence-corrected chi connectivity index (χ3v) is 5.72. The molecule has 0 saturated carbocycles. The van der Waals surface area contributed by atoms with Gasteiger partial charge in [0.25, 0.3) is 5.56 Å². The summed E-state index contributed by atoms with van der Waals surface area (Å²) >= 11 is 7.89. The average molecular weight is 428 g/mol. The molecule has 0 bridgehead atoms. The molecule has 0 aliphatic carbocycles. The molecule has 146 valence electrons. The van der Waals surface area contributed by atoms with Gasteiger partial charge in [-0.05, 0) is 36.8 Å². The monoisotopic (exact) mass is 427 g/mol. The lowest BCUT2D eigenvalue weighted by atomic mass is 9.98. The molecule has 0 amide bonds. The fraction of sp³-hybridized carbons (Fsp3) is 0.0952. The Labute approximate surface area is 174 Å². The van der Waals surface area contributed by atoms with Gasteiger partial charge in [-0.3, -0.25) is 4.79 Å². The predicted octanol–water partition coefficient (Wildman–Crippen LogP) is 5.03. The highest BCUT2D eigenvalue weighted by molar-refractivity contribution is 7.16. The van der Waals surface area contributed by atoms with Gasteiger partial charge in [0.1, 0.15) is 11.5 Å². The van der Waals surface area contributed by atoms with Crippen molar-refractivity contribution in [3.8, 4) is 16.9 Å². The zero-order valence-corrected chi connectivity index (χ0v) is 17.1. The fourth-order valence-electron chi connectivity index (χ4n) is 3.13. The number of rotatable bonds is 3. The van der Waals surface area contributed by atoms with E-state index in [-0.39, 0.29) is 27.6 Å². The van der Waals surface area contributed by atoms with Crippen LogP contribution in [0.1, 0.15) is 16.8 Å². The van der Waals surface area contributed by atoms with Gasteiger partial charge >= 0.3 is 0 Å². The summed E-state index contributed by atoms with van der Waals surface area (Å²) in [5, 5.41) is 14.6. The molecule has 1 N–H and O–H groups in total. The number of hydrogen-bond acceptors (Lipinski definition) is 5. The van der Waals surface area contributed by atoms with Crippen LogP contribution in [0.2, 0.25) is 5.02 Å². The van der Waals surface area contributed by atoms with Crippen LogP contribution in [0.25, 0.3) is 33.5 Å². The maximum Gasteiger partial charge on any atom is 0.278 e. The van der Waals surface area contributed by atoms with Crippen molar-refractivity contribution in [1.82, 2.24) is 14.8 Å². The third kappa shape index (κ3) is 3.43. The molecule has 2 heterocycles. The fourth-order valence-corrected chi connectivity index (χ4v) is 4.01. The molecule has 0 aliphatic heterocycles. The third-order valence-electron chi connectivity index (χ3n) is 4.58. The highest BCUT2D eigenvalue weighted by atomic mass is 35.5. The number of aryl methyl sites for hydroxylation is 2. The van der Waals surface area contributed by atoms with Crippen molar-refractivity contribution in [1.29, 1.82) is 0 Å². The Morgan fingerprint density at radius 1 is 1.21 bits per heavy atom. The molecule has 0 fully saturated rings. The van der Waals surface area contributed by atoms with Crippen LogP contribution < -0.4 is 5.56 Å². The van der Waals surface area contributed by atoms with E-state index in [4.69, 9.17) is 11.6 Å². The van der Waals surface area contributed by atoms with Crippen LogP contribution in [0.4, 0.5) is 4.39 Å².